The van der Waals surface area contributed by atoms with Crippen molar-refractivity contribution < 1.29 is 4.74 Å². The summed E-state index contributed by atoms with van der Waals surface area (Å²) >= 11 is 9.42. The zero-order valence-corrected chi connectivity index (χ0v) is 13.0. The van der Waals surface area contributed by atoms with Gasteiger partial charge < -0.3 is 4.74 Å². The van der Waals surface area contributed by atoms with E-state index in [0.717, 1.165) is 41.5 Å². The molecule has 0 saturated carbocycles. The molecular weight excluding hydrogens is 314 g/mol. The van der Waals surface area contributed by atoms with E-state index in [1.807, 2.05) is 6.07 Å². The van der Waals surface area contributed by atoms with Crippen LogP contribution in [0.1, 0.15) is 18.4 Å². The first-order valence-electron chi connectivity index (χ1n) is 6.33. The number of methoxy groups -OCH3 is 1. The van der Waals surface area contributed by atoms with Crippen LogP contribution in [0.25, 0.3) is 0 Å². The maximum atomic E-state index is 5.81. The molecule has 0 radical (unpaired) electrons. The molecule has 0 amide bonds. The van der Waals surface area contributed by atoms with Crippen LogP contribution in [-0.2, 0) is 6.54 Å². The molecule has 100 valence electrons. The average Bonchev–Trinajstić information content (AvgIpc) is 2.80. The lowest BCUT2D eigenvalue weighted by molar-refractivity contribution is 0.314. The molecule has 1 aliphatic rings. The number of likely N-dealkylation sites (tertiary alicyclic amines) is 1. The number of nitrogens with zero attached hydrogens (tertiary/aromatic N) is 1. The maximum Gasteiger partial charge on any atom is 0.119 e. The Labute approximate surface area is 122 Å². The average molecular weight is 333 g/mol. The molecule has 0 bridgehead atoms. The summed E-state index contributed by atoms with van der Waals surface area (Å²) in [5.74, 6) is 2.47. The number of ether oxygens (including phenoxy) is 1. The largest absolute Gasteiger partial charge is 0.497 e. The van der Waals surface area contributed by atoms with Gasteiger partial charge in [-0.15, -0.1) is 11.6 Å². The van der Waals surface area contributed by atoms with Gasteiger partial charge in [-0.3, -0.25) is 4.90 Å². The summed E-state index contributed by atoms with van der Waals surface area (Å²) in [7, 11) is 1.71. The van der Waals surface area contributed by atoms with Crippen molar-refractivity contribution >= 4 is 27.5 Å². The summed E-state index contributed by atoms with van der Waals surface area (Å²) in [6, 6.07) is 6.15. The van der Waals surface area contributed by atoms with Crippen molar-refractivity contribution in [1.82, 2.24) is 4.90 Å². The van der Waals surface area contributed by atoms with Gasteiger partial charge in [0.2, 0.25) is 0 Å². The van der Waals surface area contributed by atoms with E-state index >= 15 is 0 Å². The van der Waals surface area contributed by atoms with Gasteiger partial charge in [-0.05, 0) is 49.1 Å². The van der Waals surface area contributed by atoms with E-state index < -0.39 is 0 Å². The molecule has 0 N–H and O–H groups in total. The van der Waals surface area contributed by atoms with Gasteiger partial charge >= 0.3 is 0 Å². The quantitative estimate of drug-likeness (QED) is 0.758. The lowest BCUT2D eigenvalue weighted by Gasteiger charge is -2.17. The maximum absolute atomic E-state index is 5.81. The molecule has 1 atom stereocenters. The van der Waals surface area contributed by atoms with Crippen LogP contribution in [0.15, 0.2) is 22.7 Å². The SMILES string of the molecule is COc1ccc(Br)c(CN2CCC(CCCl)C2)c1. The monoisotopic (exact) mass is 331 g/mol. The second-order valence-electron chi connectivity index (χ2n) is 4.82. The molecule has 1 heterocycles. The predicted molar refractivity (Wildman–Crippen MR) is 79.4 cm³/mol. The number of alkyl halides is 1. The minimum atomic E-state index is 0.770. The minimum Gasteiger partial charge on any atom is -0.497 e. The molecule has 1 fully saturated rings. The highest BCUT2D eigenvalue weighted by Crippen LogP contribution is 2.27. The fourth-order valence-corrected chi connectivity index (χ4v) is 3.17. The van der Waals surface area contributed by atoms with Crippen LogP contribution >= 0.6 is 27.5 Å². The fraction of sp³-hybridized carbons (Fsp3) is 0.571. The molecule has 0 spiro atoms. The Morgan fingerprint density at radius 3 is 3.06 bits per heavy atom. The third kappa shape index (κ3) is 3.62. The van der Waals surface area contributed by atoms with E-state index in [-0.39, 0.29) is 0 Å². The van der Waals surface area contributed by atoms with Crippen LogP contribution in [0.2, 0.25) is 0 Å². The van der Waals surface area contributed by atoms with Crippen LogP contribution in [0, 0.1) is 5.92 Å². The van der Waals surface area contributed by atoms with Crippen LogP contribution in [-0.4, -0.2) is 31.0 Å². The number of benzene rings is 1. The first kappa shape index (κ1) is 14.2. The molecule has 2 rings (SSSR count). The van der Waals surface area contributed by atoms with E-state index in [9.17, 15) is 0 Å². The van der Waals surface area contributed by atoms with E-state index in [1.54, 1.807) is 7.11 Å². The molecule has 0 aromatic heterocycles. The summed E-state index contributed by atoms with van der Waals surface area (Å²) in [5, 5.41) is 0. The highest BCUT2D eigenvalue weighted by Gasteiger charge is 2.22. The van der Waals surface area contributed by atoms with Crippen LogP contribution in [0.3, 0.4) is 0 Å². The molecule has 2 nitrogen and oxygen atoms in total. The van der Waals surface area contributed by atoms with Crippen molar-refractivity contribution in [2.24, 2.45) is 5.92 Å². The molecule has 1 aromatic rings. The normalized spacial score (nSPS) is 20.3. The van der Waals surface area contributed by atoms with Gasteiger partial charge in [0.15, 0.2) is 0 Å². The minimum absolute atomic E-state index is 0.770. The van der Waals surface area contributed by atoms with Gasteiger partial charge in [0.1, 0.15) is 5.75 Å². The van der Waals surface area contributed by atoms with Crippen molar-refractivity contribution in [2.75, 3.05) is 26.1 Å². The number of rotatable bonds is 5. The lowest BCUT2D eigenvalue weighted by Crippen LogP contribution is -2.20. The second-order valence-corrected chi connectivity index (χ2v) is 6.06. The van der Waals surface area contributed by atoms with Gasteiger partial charge in [-0.2, -0.15) is 0 Å². The van der Waals surface area contributed by atoms with E-state index in [1.165, 1.54) is 18.5 Å². The Morgan fingerprint density at radius 1 is 1.50 bits per heavy atom. The van der Waals surface area contributed by atoms with Crippen molar-refractivity contribution in [1.29, 1.82) is 0 Å². The molecule has 1 unspecified atom stereocenters. The zero-order chi connectivity index (χ0) is 13.0. The van der Waals surface area contributed by atoms with Crippen molar-refractivity contribution in [3.05, 3.63) is 28.2 Å². The highest BCUT2D eigenvalue weighted by atomic mass is 79.9. The van der Waals surface area contributed by atoms with Crippen LogP contribution in [0.4, 0.5) is 0 Å². The van der Waals surface area contributed by atoms with Gasteiger partial charge in [-0.1, -0.05) is 15.9 Å². The summed E-state index contributed by atoms with van der Waals surface area (Å²) in [6.07, 6.45) is 2.41. The van der Waals surface area contributed by atoms with Crippen LogP contribution in [0.5, 0.6) is 5.75 Å². The Morgan fingerprint density at radius 2 is 2.33 bits per heavy atom. The molecule has 0 aliphatic carbocycles. The van der Waals surface area contributed by atoms with Gasteiger partial charge in [0.05, 0.1) is 7.11 Å². The Hall–Kier alpha value is -0.250. The summed E-state index contributed by atoms with van der Waals surface area (Å²) in [5.41, 5.74) is 1.29. The Kier molecular flexibility index (Phi) is 5.34. The third-order valence-corrected chi connectivity index (χ3v) is 4.53. The first-order valence-corrected chi connectivity index (χ1v) is 7.66. The van der Waals surface area contributed by atoms with E-state index in [4.69, 9.17) is 16.3 Å². The molecule has 1 aromatic carbocycles. The fourth-order valence-electron chi connectivity index (χ4n) is 2.49. The first-order chi connectivity index (χ1) is 8.72. The summed E-state index contributed by atoms with van der Waals surface area (Å²) < 4.78 is 6.43. The summed E-state index contributed by atoms with van der Waals surface area (Å²) in [4.78, 5) is 2.50. The molecule has 1 saturated heterocycles. The Balaban J connectivity index is 1.97. The molecule has 4 heteroatoms. The number of hydrogen-bond acceptors (Lipinski definition) is 2. The molecule has 1 aliphatic heterocycles. The lowest BCUT2D eigenvalue weighted by atomic mass is 10.1. The second kappa shape index (κ2) is 6.78. The number of hydrogen-bond donors (Lipinski definition) is 0. The predicted octanol–water partition coefficient (Wildman–Crippen LogP) is 3.91. The van der Waals surface area contributed by atoms with Gasteiger partial charge in [0.25, 0.3) is 0 Å². The van der Waals surface area contributed by atoms with Gasteiger partial charge in [-0.25, -0.2) is 0 Å². The topological polar surface area (TPSA) is 12.5 Å². The molecule has 18 heavy (non-hydrogen) atoms. The van der Waals surface area contributed by atoms with Crippen molar-refractivity contribution in [3.63, 3.8) is 0 Å². The van der Waals surface area contributed by atoms with E-state index in [2.05, 4.69) is 33.0 Å². The van der Waals surface area contributed by atoms with Crippen molar-refractivity contribution in [2.45, 2.75) is 19.4 Å². The number of halogens is 2. The van der Waals surface area contributed by atoms with Gasteiger partial charge in [0, 0.05) is 23.4 Å². The van der Waals surface area contributed by atoms with Crippen LogP contribution < -0.4 is 4.74 Å². The molecular formula is C14H19BrClNO. The van der Waals surface area contributed by atoms with Crippen molar-refractivity contribution in [3.8, 4) is 5.75 Å². The standard InChI is InChI=1S/C14H19BrClNO/c1-18-13-2-3-14(15)12(8-13)10-17-7-5-11(9-17)4-6-16/h2-3,8,11H,4-7,9-10H2,1H3. The highest BCUT2D eigenvalue weighted by molar-refractivity contribution is 9.10. The third-order valence-electron chi connectivity index (χ3n) is 3.53. The summed E-state index contributed by atoms with van der Waals surface area (Å²) in [6.45, 7) is 3.32. The smallest absolute Gasteiger partial charge is 0.119 e. The Bertz CT molecular complexity index is 399. The zero-order valence-electron chi connectivity index (χ0n) is 10.7. The van der Waals surface area contributed by atoms with E-state index in [0.29, 0.717) is 0 Å².